The first-order chi connectivity index (χ1) is 17.0. The maximum Gasteiger partial charge on any atom is 0.349 e. The molecule has 0 saturated carbocycles. The average Bonchev–Trinajstić information content (AvgIpc) is 2.86. The van der Waals surface area contributed by atoms with Gasteiger partial charge in [-0.3, -0.25) is 0 Å². The summed E-state index contributed by atoms with van der Waals surface area (Å²) in [6, 6.07) is 19.8. The lowest BCUT2D eigenvalue weighted by Crippen LogP contribution is -2.22. The number of rotatable bonds is 8. The quantitative estimate of drug-likeness (QED) is 0.369. The predicted octanol–water partition coefficient (Wildman–Crippen LogP) is 4.82. The van der Waals surface area contributed by atoms with E-state index in [1.807, 2.05) is 31.2 Å². The molecule has 35 heavy (non-hydrogen) atoms. The number of hydrogen-bond acceptors (Lipinski definition) is 7. The van der Waals surface area contributed by atoms with Crippen molar-refractivity contribution in [3.63, 3.8) is 0 Å². The number of nitrogens with two attached hydrogens (primary N) is 1. The molecule has 1 unspecified atom stereocenters. The van der Waals surface area contributed by atoms with Crippen molar-refractivity contribution in [3.05, 3.63) is 95.1 Å². The number of fused-ring (bicyclic) bond motifs is 1. The SMILES string of the molecule is CCCOc1ccccc1C1C(C#N)=C(N)Oc2cc(OC(=O)COc3ccc(F)cc3)ccc21. The second kappa shape index (κ2) is 10.6. The summed E-state index contributed by atoms with van der Waals surface area (Å²) >= 11 is 0. The molecule has 0 aromatic heterocycles. The van der Waals surface area contributed by atoms with Gasteiger partial charge in [0.1, 0.15) is 40.5 Å². The second-order valence-corrected chi connectivity index (χ2v) is 7.73. The Kier molecular flexibility index (Phi) is 7.17. The van der Waals surface area contributed by atoms with Gasteiger partial charge in [0.2, 0.25) is 5.88 Å². The first kappa shape index (κ1) is 23.6. The number of nitrogens with zero attached hydrogens (tertiary/aromatic N) is 1. The zero-order chi connectivity index (χ0) is 24.8. The van der Waals surface area contributed by atoms with Gasteiger partial charge < -0.3 is 24.7 Å². The van der Waals surface area contributed by atoms with Gasteiger partial charge in [-0.2, -0.15) is 5.26 Å². The number of nitriles is 1. The lowest BCUT2D eigenvalue weighted by molar-refractivity contribution is -0.136. The van der Waals surface area contributed by atoms with Gasteiger partial charge in [-0.15, -0.1) is 0 Å². The van der Waals surface area contributed by atoms with Crippen LogP contribution in [-0.2, 0) is 4.79 Å². The molecule has 0 aliphatic carbocycles. The van der Waals surface area contributed by atoms with Crippen LogP contribution in [0.3, 0.4) is 0 Å². The van der Waals surface area contributed by atoms with E-state index in [1.54, 1.807) is 12.1 Å². The largest absolute Gasteiger partial charge is 0.493 e. The molecular weight excluding hydrogens is 451 g/mol. The molecular formula is C27H23FN2O5. The Morgan fingerprint density at radius 3 is 2.54 bits per heavy atom. The molecule has 2 N–H and O–H groups in total. The lowest BCUT2D eigenvalue weighted by Gasteiger charge is -2.28. The fourth-order valence-electron chi connectivity index (χ4n) is 3.72. The van der Waals surface area contributed by atoms with Crippen molar-refractivity contribution in [2.45, 2.75) is 19.3 Å². The monoisotopic (exact) mass is 474 g/mol. The molecule has 0 saturated heterocycles. The molecule has 3 aromatic carbocycles. The van der Waals surface area contributed by atoms with Crippen LogP contribution in [0, 0.1) is 17.1 Å². The van der Waals surface area contributed by atoms with E-state index in [4.69, 9.17) is 24.7 Å². The number of carbonyl (C=O) groups excluding carboxylic acids is 1. The smallest absolute Gasteiger partial charge is 0.349 e. The third kappa shape index (κ3) is 5.36. The summed E-state index contributed by atoms with van der Waals surface area (Å²) in [4.78, 5) is 12.3. The van der Waals surface area contributed by atoms with Crippen molar-refractivity contribution in [2.24, 2.45) is 5.73 Å². The zero-order valence-electron chi connectivity index (χ0n) is 19.0. The van der Waals surface area contributed by atoms with Crippen LogP contribution >= 0.6 is 0 Å². The summed E-state index contributed by atoms with van der Waals surface area (Å²) in [5, 5.41) is 9.81. The van der Waals surface area contributed by atoms with E-state index in [9.17, 15) is 14.4 Å². The van der Waals surface area contributed by atoms with Gasteiger partial charge in [-0.25, -0.2) is 9.18 Å². The predicted molar refractivity (Wildman–Crippen MR) is 125 cm³/mol. The molecule has 1 atom stereocenters. The number of carbonyl (C=O) groups is 1. The Hall–Kier alpha value is -4.51. The molecule has 1 heterocycles. The molecule has 1 aliphatic rings. The number of esters is 1. The van der Waals surface area contributed by atoms with Gasteiger partial charge in [0.15, 0.2) is 6.61 Å². The Morgan fingerprint density at radius 1 is 1.06 bits per heavy atom. The summed E-state index contributed by atoms with van der Waals surface area (Å²) in [5.41, 5.74) is 7.83. The fourth-order valence-corrected chi connectivity index (χ4v) is 3.72. The molecule has 0 amide bonds. The number of ether oxygens (including phenoxy) is 4. The van der Waals surface area contributed by atoms with Crippen LogP contribution in [0.25, 0.3) is 0 Å². The number of allylic oxidation sites excluding steroid dienone is 1. The molecule has 1 aliphatic heterocycles. The van der Waals surface area contributed by atoms with Gasteiger partial charge in [0.05, 0.1) is 12.5 Å². The van der Waals surface area contributed by atoms with E-state index in [1.165, 1.54) is 30.3 Å². The molecule has 3 aromatic rings. The summed E-state index contributed by atoms with van der Waals surface area (Å²) in [6.07, 6.45) is 0.835. The average molecular weight is 474 g/mol. The molecule has 0 radical (unpaired) electrons. The third-order valence-corrected chi connectivity index (χ3v) is 5.28. The fraction of sp³-hybridized carbons (Fsp3) is 0.185. The minimum atomic E-state index is -0.652. The molecule has 178 valence electrons. The van der Waals surface area contributed by atoms with Gasteiger partial charge in [-0.05, 0) is 42.8 Å². The van der Waals surface area contributed by atoms with Crippen LogP contribution in [0.4, 0.5) is 4.39 Å². The highest BCUT2D eigenvalue weighted by Crippen LogP contribution is 2.45. The minimum Gasteiger partial charge on any atom is -0.493 e. The first-order valence-corrected chi connectivity index (χ1v) is 11.0. The summed E-state index contributed by atoms with van der Waals surface area (Å²) < 4.78 is 35.3. The maximum absolute atomic E-state index is 13.0. The number of hydrogen-bond donors (Lipinski definition) is 1. The number of para-hydroxylation sites is 1. The van der Waals surface area contributed by atoms with E-state index in [2.05, 4.69) is 6.07 Å². The number of halogens is 1. The van der Waals surface area contributed by atoms with Crippen molar-refractivity contribution in [3.8, 4) is 29.1 Å². The Bertz CT molecular complexity index is 1300. The van der Waals surface area contributed by atoms with E-state index < -0.39 is 17.7 Å². The lowest BCUT2D eigenvalue weighted by atomic mass is 9.83. The van der Waals surface area contributed by atoms with Gasteiger partial charge in [-0.1, -0.05) is 31.2 Å². The van der Waals surface area contributed by atoms with Crippen LogP contribution in [-0.4, -0.2) is 19.2 Å². The maximum atomic E-state index is 13.0. The highest BCUT2D eigenvalue weighted by atomic mass is 19.1. The first-order valence-electron chi connectivity index (χ1n) is 11.0. The Balaban J connectivity index is 1.57. The van der Waals surface area contributed by atoms with Crippen LogP contribution < -0.4 is 24.7 Å². The zero-order valence-corrected chi connectivity index (χ0v) is 19.0. The Labute approximate surface area is 202 Å². The van der Waals surface area contributed by atoms with Crippen molar-refractivity contribution in [2.75, 3.05) is 13.2 Å². The highest BCUT2D eigenvalue weighted by molar-refractivity contribution is 5.74. The van der Waals surface area contributed by atoms with E-state index in [0.29, 0.717) is 29.4 Å². The minimum absolute atomic E-state index is 0.0292. The third-order valence-electron chi connectivity index (χ3n) is 5.28. The van der Waals surface area contributed by atoms with Crippen LogP contribution in [0.2, 0.25) is 0 Å². The Morgan fingerprint density at radius 2 is 1.80 bits per heavy atom. The van der Waals surface area contributed by atoms with Crippen molar-refractivity contribution in [1.82, 2.24) is 0 Å². The molecule has 0 spiro atoms. The van der Waals surface area contributed by atoms with Crippen LogP contribution in [0.5, 0.6) is 23.0 Å². The molecule has 0 fully saturated rings. The van der Waals surface area contributed by atoms with Crippen molar-refractivity contribution >= 4 is 5.97 Å². The molecule has 0 bridgehead atoms. The molecule has 8 heteroatoms. The van der Waals surface area contributed by atoms with Crippen molar-refractivity contribution in [1.29, 1.82) is 5.26 Å². The van der Waals surface area contributed by atoms with Gasteiger partial charge in [0.25, 0.3) is 0 Å². The second-order valence-electron chi connectivity index (χ2n) is 7.73. The topological polar surface area (TPSA) is 104 Å². The van der Waals surface area contributed by atoms with E-state index in [0.717, 1.165) is 12.0 Å². The van der Waals surface area contributed by atoms with Crippen LogP contribution in [0.1, 0.15) is 30.4 Å². The van der Waals surface area contributed by atoms with E-state index in [-0.39, 0.29) is 23.8 Å². The standard InChI is InChI=1S/C27H23FN2O5/c1-2-13-32-23-6-4-3-5-20(23)26-21-12-11-19(14-24(21)35-27(30)22(26)15-29)34-25(31)16-33-18-9-7-17(28)8-10-18/h3-12,14,26H,2,13,16,30H2,1H3. The summed E-state index contributed by atoms with van der Waals surface area (Å²) in [5.74, 6) is -0.0183. The summed E-state index contributed by atoms with van der Waals surface area (Å²) in [6.45, 7) is 2.18. The number of benzene rings is 3. The van der Waals surface area contributed by atoms with Gasteiger partial charge in [0, 0.05) is 17.2 Å². The summed E-state index contributed by atoms with van der Waals surface area (Å²) in [7, 11) is 0. The highest BCUT2D eigenvalue weighted by Gasteiger charge is 2.33. The van der Waals surface area contributed by atoms with Crippen molar-refractivity contribution < 1.29 is 28.1 Å². The molecule has 7 nitrogen and oxygen atoms in total. The van der Waals surface area contributed by atoms with E-state index >= 15 is 0 Å². The van der Waals surface area contributed by atoms with Crippen LogP contribution in [0.15, 0.2) is 78.2 Å². The van der Waals surface area contributed by atoms with Gasteiger partial charge >= 0.3 is 5.97 Å². The molecule has 4 rings (SSSR count). The normalized spacial score (nSPS) is 14.4.